The van der Waals surface area contributed by atoms with E-state index in [9.17, 15) is 0 Å². The van der Waals surface area contributed by atoms with Gasteiger partial charge in [-0.15, -0.1) is 0 Å². The minimum absolute atomic E-state index is 0.262. The van der Waals surface area contributed by atoms with Crippen molar-refractivity contribution in [3.63, 3.8) is 0 Å². The van der Waals surface area contributed by atoms with E-state index in [2.05, 4.69) is 61.5 Å². The lowest BCUT2D eigenvalue weighted by Crippen LogP contribution is -2.53. The van der Waals surface area contributed by atoms with Crippen LogP contribution in [0.2, 0.25) is 0 Å². The normalized spacial score (nSPS) is 16.6. The van der Waals surface area contributed by atoms with E-state index in [0.717, 1.165) is 64.0 Å². The predicted octanol–water partition coefficient (Wildman–Crippen LogP) is 4.00. The molecule has 0 saturated carbocycles. The maximum absolute atomic E-state index is 5.73. The van der Waals surface area contributed by atoms with Crippen molar-refractivity contribution in [3.8, 4) is 0 Å². The summed E-state index contributed by atoms with van der Waals surface area (Å²) in [5.41, 5.74) is 1.53. The highest BCUT2D eigenvalue weighted by molar-refractivity contribution is 5.40. The SMILES string of the molecule is CC(C)CCCOCCc1ccc(N2CCN(C(C)(C)C)CC2)nc1. The second-order valence-electron chi connectivity index (χ2n) is 8.57. The maximum atomic E-state index is 5.73. The molecule has 0 N–H and O–H groups in total. The van der Waals surface area contributed by atoms with Gasteiger partial charge in [-0.2, -0.15) is 0 Å². The Hall–Kier alpha value is -1.13. The molecule has 2 heterocycles. The van der Waals surface area contributed by atoms with E-state index < -0.39 is 0 Å². The molecule has 1 saturated heterocycles. The summed E-state index contributed by atoms with van der Waals surface area (Å²) in [5.74, 6) is 1.88. The molecule has 25 heavy (non-hydrogen) atoms. The molecule has 2 rings (SSSR count). The smallest absolute Gasteiger partial charge is 0.128 e. The quantitative estimate of drug-likeness (QED) is 0.665. The Labute approximate surface area is 154 Å². The predicted molar refractivity (Wildman–Crippen MR) is 106 cm³/mol. The van der Waals surface area contributed by atoms with Gasteiger partial charge in [0.2, 0.25) is 0 Å². The van der Waals surface area contributed by atoms with E-state index in [1.807, 2.05) is 6.20 Å². The first kappa shape index (κ1) is 20.2. The highest BCUT2D eigenvalue weighted by atomic mass is 16.5. The highest BCUT2D eigenvalue weighted by Crippen LogP contribution is 2.19. The van der Waals surface area contributed by atoms with Crippen LogP contribution < -0.4 is 4.90 Å². The molecular weight excluding hydrogens is 310 g/mol. The van der Waals surface area contributed by atoms with Gasteiger partial charge in [0.25, 0.3) is 0 Å². The fraction of sp³-hybridized carbons (Fsp3) is 0.762. The van der Waals surface area contributed by atoms with Gasteiger partial charge in [0.05, 0.1) is 6.61 Å². The third kappa shape index (κ3) is 6.95. The highest BCUT2D eigenvalue weighted by Gasteiger charge is 2.26. The Morgan fingerprint density at radius 1 is 1.08 bits per heavy atom. The van der Waals surface area contributed by atoms with Crippen molar-refractivity contribution in [3.05, 3.63) is 23.9 Å². The molecule has 0 spiro atoms. The molecule has 0 aromatic carbocycles. The monoisotopic (exact) mass is 347 g/mol. The van der Waals surface area contributed by atoms with Crippen molar-refractivity contribution in [1.82, 2.24) is 9.88 Å². The Morgan fingerprint density at radius 2 is 1.80 bits per heavy atom. The Bertz CT molecular complexity index is 485. The van der Waals surface area contributed by atoms with Crippen LogP contribution in [0, 0.1) is 5.92 Å². The average Bonchev–Trinajstić information content (AvgIpc) is 2.58. The molecule has 0 amide bonds. The van der Waals surface area contributed by atoms with Crippen molar-refractivity contribution in [2.45, 2.75) is 59.4 Å². The topological polar surface area (TPSA) is 28.6 Å². The van der Waals surface area contributed by atoms with Gasteiger partial charge in [0.15, 0.2) is 0 Å². The number of nitrogens with zero attached hydrogens (tertiary/aromatic N) is 3. The molecule has 0 atom stereocenters. The van der Waals surface area contributed by atoms with Crippen LogP contribution in [0.5, 0.6) is 0 Å². The minimum atomic E-state index is 0.262. The summed E-state index contributed by atoms with van der Waals surface area (Å²) in [6.45, 7) is 17.4. The van der Waals surface area contributed by atoms with Crippen molar-refractivity contribution in [2.24, 2.45) is 5.92 Å². The van der Waals surface area contributed by atoms with E-state index in [-0.39, 0.29) is 5.54 Å². The molecule has 1 fully saturated rings. The lowest BCUT2D eigenvalue weighted by molar-refractivity contribution is 0.128. The second-order valence-corrected chi connectivity index (χ2v) is 8.57. The van der Waals surface area contributed by atoms with Crippen LogP contribution in [0.15, 0.2) is 18.3 Å². The van der Waals surface area contributed by atoms with Gasteiger partial charge in [-0.05, 0) is 57.6 Å². The van der Waals surface area contributed by atoms with Gasteiger partial charge in [-0.25, -0.2) is 4.98 Å². The molecular formula is C21H37N3O. The summed E-state index contributed by atoms with van der Waals surface area (Å²) >= 11 is 0. The fourth-order valence-electron chi connectivity index (χ4n) is 3.24. The zero-order valence-corrected chi connectivity index (χ0v) is 16.9. The number of ether oxygens (including phenoxy) is 1. The zero-order valence-electron chi connectivity index (χ0n) is 16.9. The van der Waals surface area contributed by atoms with Crippen LogP contribution in [-0.4, -0.2) is 54.8 Å². The number of pyridine rings is 1. The molecule has 1 aromatic heterocycles. The lowest BCUT2D eigenvalue weighted by Gasteiger charge is -2.42. The first-order chi connectivity index (χ1) is 11.9. The van der Waals surface area contributed by atoms with Crippen LogP contribution in [0.25, 0.3) is 0 Å². The fourth-order valence-corrected chi connectivity index (χ4v) is 3.24. The molecule has 1 aromatic rings. The van der Waals surface area contributed by atoms with Crippen molar-refractivity contribution in [2.75, 3.05) is 44.3 Å². The van der Waals surface area contributed by atoms with Crippen molar-refractivity contribution in [1.29, 1.82) is 0 Å². The van der Waals surface area contributed by atoms with Crippen LogP contribution in [0.4, 0.5) is 5.82 Å². The zero-order chi connectivity index (χ0) is 18.3. The van der Waals surface area contributed by atoms with Gasteiger partial charge in [0, 0.05) is 44.5 Å². The van der Waals surface area contributed by atoms with Gasteiger partial charge in [0.1, 0.15) is 5.82 Å². The van der Waals surface area contributed by atoms with E-state index in [0.29, 0.717) is 0 Å². The van der Waals surface area contributed by atoms with E-state index >= 15 is 0 Å². The van der Waals surface area contributed by atoms with E-state index in [1.54, 1.807) is 0 Å². The standard InChI is InChI=1S/C21H37N3O/c1-18(2)7-6-15-25-16-10-19-8-9-20(22-17-19)23-11-13-24(14-12-23)21(3,4)5/h8-9,17-18H,6-7,10-16H2,1-5H3. The van der Waals surface area contributed by atoms with Crippen LogP contribution in [0.3, 0.4) is 0 Å². The largest absolute Gasteiger partial charge is 0.381 e. The molecule has 1 aliphatic heterocycles. The number of piperazine rings is 1. The summed E-state index contributed by atoms with van der Waals surface area (Å²) in [6, 6.07) is 4.37. The Balaban J connectivity index is 1.70. The van der Waals surface area contributed by atoms with Crippen LogP contribution in [0.1, 0.15) is 53.0 Å². The molecule has 1 aliphatic rings. The van der Waals surface area contributed by atoms with Crippen molar-refractivity contribution < 1.29 is 4.74 Å². The van der Waals surface area contributed by atoms with Crippen LogP contribution in [-0.2, 0) is 11.2 Å². The number of rotatable bonds is 8. The first-order valence-corrected chi connectivity index (χ1v) is 9.89. The summed E-state index contributed by atoms with van der Waals surface area (Å²) in [6.07, 6.45) is 5.38. The molecule has 4 nitrogen and oxygen atoms in total. The Morgan fingerprint density at radius 3 is 2.36 bits per heavy atom. The maximum Gasteiger partial charge on any atom is 0.128 e. The summed E-state index contributed by atoms with van der Waals surface area (Å²) < 4.78 is 5.73. The lowest BCUT2D eigenvalue weighted by atomic mass is 10.0. The summed E-state index contributed by atoms with van der Waals surface area (Å²) in [5, 5.41) is 0. The van der Waals surface area contributed by atoms with Crippen molar-refractivity contribution >= 4 is 5.82 Å². The number of hydrogen-bond acceptors (Lipinski definition) is 4. The van der Waals surface area contributed by atoms with E-state index in [1.165, 1.54) is 12.0 Å². The van der Waals surface area contributed by atoms with Gasteiger partial charge < -0.3 is 9.64 Å². The van der Waals surface area contributed by atoms with E-state index in [4.69, 9.17) is 4.74 Å². The molecule has 0 unspecified atom stereocenters. The third-order valence-electron chi connectivity index (χ3n) is 4.97. The summed E-state index contributed by atoms with van der Waals surface area (Å²) in [7, 11) is 0. The molecule has 0 aliphatic carbocycles. The Kier molecular flexibility index (Phi) is 7.70. The summed E-state index contributed by atoms with van der Waals surface area (Å²) in [4.78, 5) is 9.63. The molecule has 142 valence electrons. The number of aromatic nitrogens is 1. The molecule has 4 heteroatoms. The molecule has 0 bridgehead atoms. The van der Waals surface area contributed by atoms with Gasteiger partial charge >= 0.3 is 0 Å². The molecule has 0 radical (unpaired) electrons. The van der Waals surface area contributed by atoms with Crippen LogP contribution >= 0.6 is 0 Å². The van der Waals surface area contributed by atoms with Gasteiger partial charge in [-0.3, -0.25) is 4.90 Å². The third-order valence-corrected chi connectivity index (χ3v) is 4.97. The van der Waals surface area contributed by atoms with Gasteiger partial charge in [-0.1, -0.05) is 19.9 Å². The second kappa shape index (κ2) is 9.54. The number of hydrogen-bond donors (Lipinski definition) is 0. The average molecular weight is 348 g/mol. The number of anilines is 1. The minimum Gasteiger partial charge on any atom is -0.381 e. The first-order valence-electron chi connectivity index (χ1n) is 9.89.